The van der Waals surface area contributed by atoms with Gasteiger partial charge in [0.15, 0.2) is 11.6 Å². The number of aldehydes is 1. The molecule has 0 aromatic heterocycles. The lowest BCUT2D eigenvalue weighted by Crippen LogP contribution is -2.48. The van der Waals surface area contributed by atoms with Crippen LogP contribution < -0.4 is 10.5 Å². The average Bonchev–Trinajstić information content (AvgIpc) is 2.70. The summed E-state index contributed by atoms with van der Waals surface area (Å²) in [5.41, 5.74) is 7.14. The largest absolute Gasteiger partial charge is 0.490 e. The maximum Gasteiger partial charge on any atom is 0.165 e. The zero-order chi connectivity index (χ0) is 21.8. The van der Waals surface area contributed by atoms with Crippen LogP contribution in [0.5, 0.6) is 5.75 Å². The number of benzene rings is 1. The van der Waals surface area contributed by atoms with Crippen LogP contribution in [0.2, 0.25) is 0 Å². The van der Waals surface area contributed by atoms with Crippen LogP contribution in [0.25, 0.3) is 0 Å². The smallest absolute Gasteiger partial charge is 0.165 e. The third-order valence-corrected chi connectivity index (χ3v) is 5.17. The predicted molar refractivity (Wildman–Crippen MR) is 112 cm³/mol. The lowest BCUT2D eigenvalue weighted by molar-refractivity contribution is -0.112. The van der Waals surface area contributed by atoms with E-state index >= 15 is 0 Å². The van der Waals surface area contributed by atoms with Crippen LogP contribution in [0.1, 0.15) is 45.6 Å². The lowest BCUT2D eigenvalue weighted by Gasteiger charge is -2.31. The highest BCUT2D eigenvalue weighted by atomic mass is 19.1. The van der Waals surface area contributed by atoms with Crippen LogP contribution in [0.15, 0.2) is 18.2 Å². The summed E-state index contributed by atoms with van der Waals surface area (Å²) in [5, 5.41) is 19.2. The van der Waals surface area contributed by atoms with E-state index in [-0.39, 0.29) is 30.9 Å². The van der Waals surface area contributed by atoms with Crippen molar-refractivity contribution in [2.75, 3.05) is 26.3 Å². The first-order chi connectivity index (χ1) is 13.8. The van der Waals surface area contributed by atoms with Crippen LogP contribution in [0.3, 0.4) is 0 Å². The van der Waals surface area contributed by atoms with Crippen molar-refractivity contribution in [1.29, 1.82) is 0 Å². The van der Waals surface area contributed by atoms with Gasteiger partial charge < -0.3 is 25.5 Å². The van der Waals surface area contributed by atoms with Crippen molar-refractivity contribution in [3.63, 3.8) is 0 Å². The fourth-order valence-corrected chi connectivity index (χ4v) is 3.09. The van der Waals surface area contributed by atoms with Crippen molar-refractivity contribution in [3.8, 4) is 5.75 Å². The monoisotopic (exact) mass is 412 g/mol. The van der Waals surface area contributed by atoms with E-state index in [4.69, 9.17) is 15.6 Å². The molecule has 166 valence electrons. The van der Waals surface area contributed by atoms with Gasteiger partial charge in [-0.15, -0.1) is 0 Å². The van der Waals surface area contributed by atoms with Gasteiger partial charge in [-0.1, -0.05) is 13.0 Å². The number of aliphatic hydroxyl groups excluding tert-OH is 2. The Hall–Kier alpha value is -1.54. The number of hydrogen-bond donors (Lipinski definition) is 3. The van der Waals surface area contributed by atoms with Gasteiger partial charge in [0.05, 0.1) is 12.7 Å². The summed E-state index contributed by atoms with van der Waals surface area (Å²) in [7, 11) is 0. The summed E-state index contributed by atoms with van der Waals surface area (Å²) in [5.74, 6) is -0.399. The van der Waals surface area contributed by atoms with Gasteiger partial charge in [0.2, 0.25) is 0 Å². The second-order valence-electron chi connectivity index (χ2n) is 7.80. The molecular formula is C22H37FN2O4. The molecule has 0 saturated carbocycles. The molecule has 0 saturated heterocycles. The second-order valence-corrected chi connectivity index (χ2v) is 7.80. The molecule has 3 atom stereocenters. The third kappa shape index (κ3) is 9.21. The number of rotatable bonds is 15. The van der Waals surface area contributed by atoms with Gasteiger partial charge in [0, 0.05) is 44.1 Å². The number of carbonyl (C=O) groups excluding carboxylic acids is 1. The van der Waals surface area contributed by atoms with E-state index in [1.54, 1.807) is 12.1 Å². The van der Waals surface area contributed by atoms with Crippen molar-refractivity contribution in [1.82, 2.24) is 4.90 Å². The highest BCUT2D eigenvalue weighted by Crippen LogP contribution is 2.20. The van der Waals surface area contributed by atoms with E-state index in [1.165, 1.54) is 6.07 Å². The zero-order valence-electron chi connectivity index (χ0n) is 17.9. The van der Waals surface area contributed by atoms with Crippen LogP contribution in [-0.4, -0.2) is 65.9 Å². The number of halogens is 1. The molecule has 0 unspecified atom stereocenters. The normalized spacial score (nSPS) is 14.8. The first-order valence-corrected chi connectivity index (χ1v) is 10.5. The van der Waals surface area contributed by atoms with Crippen LogP contribution in [0, 0.1) is 11.7 Å². The fraction of sp³-hybridized carbons (Fsp3) is 0.682. The van der Waals surface area contributed by atoms with Gasteiger partial charge in [-0.3, -0.25) is 4.90 Å². The number of nitrogens with zero attached hydrogens (tertiary/aromatic N) is 1. The Morgan fingerprint density at radius 1 is 1.34 bits per heavy atom. The standard InChI is InChI=1S/C22H37FN2O4/c1-4-17(15-27)12-21(28)20(24)14-25(16(2)3)9-8-18-6-7-19(23)22(13-18)29-11-5-10-26/h6-7,13,15-17,20-21,26,28H,4-5,8-12,14,24H2,1-3H3/t17-,20+,21+/m1/s1. The molecule has 6 nitrogen and oxygen atoms in total. The molecule has 4 N–H and O–H groups in total. The maximum atomic E-state index is 13.9. The summed E-state index contributed by atoms with van der Waals surface area (Å²) in [4.78, 5) is 13.2. The summed E-state index contributed by atoms with van der Waals surface area (Å²) >= 11 is 0. The molecule has 7 heteroatoms. The molecule has 0 aliphatic carbocycles. The quantitative estimate of drug-likeness (QED) is 0.302. The van der Waals surface area contributed by atoms with E-state index in [9.17, 15) is 14.3 Å². The Bertz CT molecular complexity index is 600. The Morgan fingerprint density at radius 2 is 2.07 bits per heavy atom. The SMILES string of the molecule is CC[C@@H](C=O)C[C@H](O)[C@@H](N)CN(CCc1ccc(F)c(OCCCO)c1)C(C)C. The van der Waals surface area contributed by atoms with Crippen molar-refractivity contribution in [3.05, 3.63) is 29.6 Å². The molecular weight excluding hydrogens is 375 g/mol. The van der Waals surface area contributed by atoms with Gasteiger partial charge in [-0.2, -0.15) is 0 Å². The molecule has 0 heterocycles. The van der Waals surface area contributed by atoms with Crippen molar-refractivity contribution in [2.24, 2.45) is 11.7 Å². The summed E-state index contributed by atoms with van der Waals surface area (Å²) in [6.45, 7) is 7.52. The minimum atomic E-state index is -0.733. The average molecular weight is 413 g/mol. The summed E-state index contributed by atoms with van der Waals surface area (Å²) < 4.78 is 19.3. The van der Waals surface area contributed by atoms with Crippen molar-refractivity contribution in [2.45, 2.75) is 64.6 Å². The molecule has 0 radical (unpaired) electrons. The van der Waals surface area contributed by atoms with Gasteiger partial charge >= 0.3 is 0 Å². The van der Waals surface area contributed by atoms with Gasteiger partial charge in [0.25, 0.3) is 0 Å². The van der Waals surface area contributed by atoms with Gasteiger partial charge in [-0.05, 0) is 50.8 Å². The van der Waals surface area contributed by atoms with E-state index in [1.807, 2.05) is 6.92 Å². The van der Waals surface area contributed by atoms with E-state index in [0.29, 0.717) is 38.8 Å². The van der Waals surface area contributed by atoms with Crippen molar-refractivity contribution >= 4 is 6.29 Å². The fourth-order valence-electron chi connectivity index (χ4n) is 3.09. The zero-order valence-corrected chi connectivity index (χ0v) is 17.9. The Kier molecular flexibility index (Phi) is 12.0. The molecule has 0 aliphatic rings. The molecule has 1 aromatic carbocycles. The van der Waals surface area contributed by atoms with Crippen LogP contribution in [-0.2, 0) is 11.2 Å². The van der Waals surface area contributed by atoms with E-state index < -0.39 is 18.0 Å². The number of carbonyl (C=O) groups is 1. The number of hydrogen-bond acceptors (Lipinski definition) is 6. The number of aliphatic hydroxyl groups is 2. The molecule has 0 aliphatic heterocycles. The second kappa shape index (κ2) is 13.6. The summed E-state index contributed by atoms with van der Waals surface area (Å²) in [6, 6.07) is 4.59. The molecule has 0 amide bonds. The van der Waals surface area contributed by atoms with Crippen LogP contribution in [0.4, 0.5) is 4.39 Å². The van der Waals surface area contributed by atoms with E-state index in [0.717, 1.165) is 11.8 Å². The first kappa shape index (κ1) is 25.5. The topological polar surface area (TPSA) is 96.0 Å². The Morgan fingerprint density at radius 3 is 2.66 bits per heavy atom. The Balaban J connectivity index is 2.66. The Labute approximate surface area is 173 Å². The molecule has 29 heavy (non-hydrogen) atoms. The molecule has 0 fully saturated rings. The van der Waals surface area contributed by atoms with Gasteiger partial charge in [-0.25, -0.2) is 4.39 Å². The number of ether oxygens (including phenoxy) is 1. The molecule has 0 spiro atoms. The summed E-state index contributed by atoms with van der Waals surface area (Å²) in [6.07, 6.45) is 2.35. The highest BCUT2D eigenvalue weighted by Gasteiger charge is 2.22. The van der Waals surface area contributed by atoms with E-state index in [2.05, 4.69) is 18.7 Å². The molecule has 1 rings (SSSR count). The minimum absolute atomic E-state index is 0.00259. The highest BCUT2D eigenvalue weighted by molar-refractivity contribution is 5.53. The third-order valence-electron chi connectivity index (χ3n) is 5.17. The van der Waals surface area contributed by atoms with Crippen molar-refractivity contribution < 1.29 is 24.1 Å². The molecule has 1 aromatic rings. The molecule has 0 bridgehead atoms. The predicted octanol–water partition coefficient (Wildman–Crippen LogP) is 2.14. The number of nitrogens with two attached hydrogens (primary N) is 1. The van der Waals surface area contributed by atoms with Gasteiger partial charge in [0.1, 0.15) is 6.29 Å². The lowest BCUT2D eigenvalue weighted by atomic mass is 9.96. The maximum absolute atomic E-state index is 13.9. The van der Waals surface area contributed by atoms with Crippen LogP contribution >= 0.6 is 0 Å². The first-order valence-electron chi connectivity index (χ1n) is 10.5. The minimum Gasteiger partial charge on any atom is -0.490 e.